The highest BCUT2D eigenvalue weighted by atomic mass is 79.9. The van der Waals surface area contributed by atoms with Gasteiger partial charge in [0.15, 0.2) is 5.75 Å². The van der Waals surface area contributed by atoms with Gasteiger partial charge in [-0.15, -0.1) is 0 Å². The average Bonchev–Trinajstić information content (AvgIpc) is 2.55. The minimum atomic E-state index is -0.968. The zero-order valence-corrected chi connectivity index (χ0v) is 13.7. The van der Waals surface area contributed by atoms with Crippen molar-refractivity contribution in [1.29, 1.82) is 0 Å². The van der Waals surface area contributed by atoms with Crippen LogP contribution in [-0.4, -0.2) is 21.0 Å². The lowest BCUT2D eigenvalue weighted by Gasteiger charge is -2.13. The molecule has 0 amide bonds. The van der Waals surface area contributed by atoms with Gasteiger partial charge in [-0.1, -0.05) is 30.3 Å². The molecule has 1 N–H and O–H groups in total. The first-order valence-electron chi connectivity index (χ1n) is 6.97. The first-order chi connectivity index (χ1) is 11.1. The van der Waals surface area contributed by atoms with Crippen LogP contribution in [0.15, 0.2) is 53.3 Å². The number of nitrogens with zero attached hydrogens (tertiary/aromatic N) is 2. The van der Waals surface area contributed by atoms with Gasteiger partial charge < -0.3 is 9.84 Å². The van der Waals surface area contributed by atoms with Crippen molar-refractivity contribution in [3.8, 4) is 5.75 Å². The van der Waals surface area contributed by atoms with E-state index in [2.05, 4.69) is 25.9 Å². The van der Waals surface area contributed by atoms with Crippen LogP contribution in [-0.2, 0) is 17.8 Å². The molecule has 23 heavy (non-hydrogen) atoms. The summed E-state index contributed by atoms with van der Waals surface area (Å²) in [7, 11) is 0. The molecule has 6 heteroatoms. The Morgan fingerprint density at radius 2 is 1.96 bits per heavy atom. The average molecular weight is 373 g/mol. The van der Waals surface area contributed by atoms with Crippen LogP contribution in [0.3, 0.4) is 0 Å². The van der Waals surface area contributed by atoms with Crippen LogP contribution in [0.5, 0.6) is 5.75 Å². The third kappa shape index (κ3) is 3.48. The molecule has 2 heterocycles. The van der Waals surface area contributed by atoms with E-state index in [4.69, 9.17) is 9.84 Å². The zero-order chi connectivity index (χ0) is 16.2. The minimum absolute atomic E-state index is 0.227. The molecule has 0 spiro atoms. The topological polar surface area (TPSA) is 72.3 Å². The number of aromatic nitrogens is 2. The number of ether oxygens (including phenoxy) is 1. The van der Waals surface area contributed by atoms with Crippen molar-refractivity contribution in [2.45, 2.75) is 13.0 Å². The monoisotopic (exact) mass is 372 g/mol. The molecule has 5 nitrogen and oxygen atoms in total. The zero-order valence-electron chi connectivity index (χ0n) is 12.1. The fourth-order valence-electron chi connectivity index (χ4n) is 2.26. The van der Waals surface area contributed by atoms with Crippen LogP contribution in [0.1, 0.15) is 11.3 Å². The van der Waals surface area contributed by atoms with E-state index in [1.165, 1.54) is 0 Å². The van der Waals surface area contributed by atoms with Crippen molar-refractivity contribution < 1.29 is 14.6 Å². The molecule has 0 aliphatic heterocycles. The van der Waals surface area contributed by atoms with E-state index in [1.54, 1.807) is 12.3 Å². The van der Waals surface area contributed by atoms with Crippen molar-refractivity contribution in [2.24, 2.45) is 0 Å². The maximum atomic E-state index is 11.1. The highest BCUT2D eigenvalue weighted by Gasteiger charge is 2.17. The number of pyridine rings is 2. The largest absolute Gasteiger partial charge is 0.485 e. The molecule has 116 valence electrons. The third-order valence-electron chi connectivity index (χ3n) is 3.28. The second-order valence-corrected chi connectivity index (χ2v) is 5.67. The molecule has 0 unspecified atom stereocenters. The van der Waals surface area contributed by atoms with Gasteiger partial charge in [-0.2, -0.15) is 0 Å². The summed E-state index contributed by atoms with van der Waals surface area (Å²) in [6.45, 7) is 0.322. The maximum Gasteiger partial charge on any atom is 0.309 e. The van der Waals surface area contributed by atoms with E-state index in [0.29, 0.717) is 28.2 Å². The van der Waals surface area contributed by atoms with Crippen LogP contribution in [0.2, 0.25) is 0 Å². The van der Waals surface area contributed by atoms with Gasteiger partial charge in [-0.05, 0) is 33.6 Å². The van der Waals surface area contributed by atoms with Gasteiger partial charge in [0.1, 0.15) is 16.7 Å². The molecule has 1 aromatic carbocycles. The predicted molar refractivity (Wildman–Crippen MR) is 89.4 cm³/mol. The van der Waals surface area contributed by atoms with Gasteiger partial charge in [-0.3, -0.25) is 9.78 Å². The van der Waals surface area contributed by atoms with Crippen LogP contribution < -0.4 is 4.74 Å². The Bertz CT molecular complexity index is 853. The summed E-state index contributed by atoms with van der Waals surface area (Å²) in [5, 5.41) is 9.89. The van der Waals surface area contributed by atoms with Crippen LogP contribution >= 0.6 is 15.9 Å². The summed E-state index contributed by atoms with van der Waals surface area (Å²) in [5.74, 6) is -0.556. The van der Waals surface area contributed by atoms with Crippen LogP contribution in [0, 0.1) is 0 Å². The number of hydrogen-bond acceptors (Lipinski definition) is 4. The van der Waals surface area contributed by atoms with Crippen LogP contribution in [0.25, 0.3) is 10.9 Å². The second-order valence-electron chi connectivity index (χ2n) is 4.92. The molecule has 2 aromatic heterocycles. The molecule has 0 bridgehead atoms. The summed E-state index contributed by atoms with van der Waals surface area (Å²) in [6, 6.07) is 13.3. The molecule has 0 saturated heterocycles. The summed E-state index contributed by atoms with van der Waals surface area (Å²) in [5.41, 5.74) is 1.94. The second kappa shape index (κ2) is 6.75. The number of carboxylic acid groups (broad SMARTS) is 1. The van der Waals surface area contributed by atoms with E-state index < -0.39 is 5.97 Å². The highest BCUT2D eigenvalue weighted by Crippen LogP contribution is 2.32. The predicted octanol–water partition coefficient (Wildman–Crippen LogP) is 3.60. The van der Waals surface area contributed by atoms with Gasteiger partial charge in [0.2, 0.25) is 0 Å². The Morgan fingerprint density at radius 1 is 1.17 bits per heavy atom. The van der Waals surface area contributed by atoms with Gasteiger partial charge in [-0.25, -0.2) is 4.98 Å². The minimum Gasteiger partial charge on any atom is -0.485 e. The van der Waals surface area contributed by atoms with Crippen molar-refractivity contribution in [3.63, 3.8) is 0 Å². The number of carboxylic acids is 1. The van der Waals surface area contributed by atoms with Gasteiger partial charge in [0, 0.05) is 11.6 Å². The van der Waals surface area contributed by atoms with Crippen LogP contribution in [0.4, 0.5) is 0 Å². The number of rotatable bonds is 5. The lowest BCUT2D eigenvalue weighted by Crippen LogP contribution is -2.08. The standard InChI is InChI=1S/C17H13BrN2O3/c18-17-12-7-4-8-19-15(12)16(13(20-17)9-14(21)22)23-10-11-5-2-1-3-6-11/h1-8H,9-10H2,(H,21,22). The Balaban J connectivity index is 2.04. The fourth-order valence-corrected chi connectivity index (χ4v) is 2.80. The molecule has 3 aromatic rings. The van der Waals surface area contributed by atoms with Crippen molar-refractivity contribution in [3.05, 3.63) is 64.5 Å². The summed E-state index contributed by atoms with van der Waals surface area (Å²) in [4.78, 5) is 19.8. The van der Waals surface area contributed by atoms with Crippen molar-refractivity contribution in [2.75, 3.05) is 0 Å². The molecule has 0 aliphatic carbocycles. The van der Waals surface area contributed by atoms with E-state index in [9.17, 15) is 4.79 Å². The van der Waals surface area contributed by atoms with Gasteiger partial charge in [0.25, 0.3) is 0 Å². The Hall–Kier alpha value is -2.47. The van der Waals surface area contributed by atoms with Crippen molar-refractivity contribution in [1.82, 2.24) is 9.97 Å². The Labute approximate surface area is 141 Å². The quantitative estimate of drug-likeness (QED) is 0.692. The molecule has 0 atom stereocenters. The summed E-state index contributed by atoms with van der Waals surface area (Å²) < 4.78 is 6.44. The molecular weight excluding hydrogens is 360 g/mol. The molecule has 0 fully saturated rings. The smallest absolute Gasteiger partial charge is 0.309 e. The van der Waals surface area contributed by atoms with Gasteiger partial charge >= 0.3 is 5.97 Å². The third-order valence-corrected chi connectivity index (χ3v) is 3.89. The molecule has 0 aliphatic rings. The summed E-state index contributed by atoms with van der Waals surface area (Å²) in [6.07, 6.45) is 1.42. The molecule has 3 rings (SSSR count). The number of benzene rings is 1. The fraction of sp³-hybridized carbons (Fsp3) is 0.118. The van der Waals surface area contributed by atoms with Gasteiger partial charge in [0.05, 0.1) is 12.1 Å². The Morgan fingerprint density at radius 3 is 2.70 bits per heavy atom. The number of hydrogen-bond donors (Lipinski definition) is 1. The van der Waals surface area contributed by atoms with E-state index in [-0.39, 0.29) is 6.42 Å². The van der Waals surface area contributed by atoms with E-state index in [0.717, 1.165) is 10.9 Å². The Kier molecular flexibility index (Phi) is 4.52. The first kappa shape index (κ1) is 15.4. The number of halogens is 1. The molecule has 0 radical (unpaired) electrons. The van der Waals surface area contributed by atoms with E-state index in [1.807, 2.05) is 36.4 Å². The first-order valence-corrected chi connectivity index (χ1v) is 7.76. The number of aliphatic carboxylic acids is 1. The SMILES string of the molecule is O=C(O)Cc1nc(Br)c2cccnc2c1OCc1ccccc1. The maximum absolute atomic E-state index is 11.1. The molecule has 0 saturated carbocycles. The van der Waals surface area contributed by atoms with Crippen molar-refractivity contribution >= 4 is 32.8 Å². The lowest BCUT2D eigenvalue weighted by atomic mass is 10.2. The molecular formula is C17H13BrN2O3. The number of carbonyl (C=O) groups is 1. The lowest BCUT2D eigenvalue weighted by molar-refractivity contribution is -0.136. The van der Waals surface area contributed by atoms with E-state index >= 15 is 0 Å². The summed E-state index contributed by atoms with van der Waals surface area (Å²) >= 11 is 3.37. The highest BCUT2D eigenvalue weighted by molar-refractivity contribution is 9.10. The normalized spacial score (nSPS) is 10.7. The number of fused-ring (bicyclic) bond motifs is 1.